The lowest BCUT2D eigenvalue weighted by atomic mass is 10.2. The highest BCUT2D eigenvalue weighted by molar-refractivity contribution is 7.89. The topological polar surface area (TPSA) is 96.0 Å². The number of rotatable bonds is 7. The summed E-state index contributed by atoms with van der Waals surface area (Å²) in [7, 11) is -3.87. The second-order valence-electron chi connectivity index (χ2n) is 6.87. The third kappa shape index (κ3) is 5.21. The zero-order chi connectivity index (χ0) is 21.0. The molecule has 1 N–H and O–H groups in total. The van der Waals surface area contributed by atoms with E-state index in [1.807, 2.05) is 0 Å². The van der Waals surface area contributed by atoms with Crippen LogP contribution >= 0.6 is 23.2 Å². The van der Waals surface area contributed by atoms with Gasteiger partial charge in [-0.05, 0) is 25.0 Å². The fourth-order valence-corrected chi connectivity index (χ4v) is 5.58. The maximum Gasteiger partial charge on any atom is 0.252 e. The Bertz CT molecular complexity index is 888. The van der Waals surface area contributed by atoms with Gasteiger partial charge in [0.2, 0.25) is 15.9 Å². The van der Waals surface area contributed by atoms with E-state index in [1.165, 1.54) is 16.4 Å². The molecule has 3 rings (SSSR count). The molecule has 11 heteroatoms. The van der Waals surface area contributed by atoms with Crippen LogP contribution in [0, 0.1) is 0 Å². The van der Waals surface area contributed by atoms with Crippen LogP contribution in [0.1, 0.15) is 29.6 Å². The van der Waals surface area contributed by atoms with Gasteiger partial charge < -0.3 is 15.0 Å². The summed E-state index contributed by atoms with van der Waals surface area (Å²) >= 11 is 12.3. The lowest BCUT2D eigenvalue weighted by molar-refractivity contribution is -0.127. The Morgan fingerprint density at radius 3 is 2.52 bits per heavy atom. The van der Waals surface area contributed by atoms with E-state index in [1.54, 1.807) is 4.90 Å². The standard InChI is InChI=1S/C18H23Cl2N3O5S/c19-14-12-15(20)16(29(26,27)23-7-9-28-10-8-23)11-13(14)18(25)21-4-2-6-22-5-1-3-17(22)24/h11-12H,1-10H2,(H,21,25). The van der Waals surface area contributed by atoms with Gasteiger partial charge in [-0.25, -0.2) is 8.42 Å². The van der Waals surface area contributed by atoms with Gasteiger partial charge in [-0.15, -0.1) is 0 Å². The van der Waals surface area contributed by atoms with Crippen molar-refractivity contribution in [3.05, 3.63) is 27.7 Å². The first-order valence-corrected chi connectivity index (χ1v) is 11.6. The number of nitrogens with one attached hydrogen (secondary N) is 1. The van der Waals surface area contributed by atoms with Crippen LogP contribution in [0.2, 0.25) is 10.0 Å². The van der Waals surface area contributed by atoms with Crippen LogP contribution < -0.4 is 5.32 Å². The summed E-state index contributed by atoms with van der Waals surface area (Å²) in [5, 5.41) is 2.76. The number of benzene rings is 1. The van der Waals surface area contributed by atoms with Crippen molar-refractivity contribution in [2.24, 2.45) is 0 Å². The van der Waals surface area contributed by atoms with E-state index in [9.17, 15) is 18.0 Å². The van der Waals surface area contributed by atoms with Gasteiger partial charge in [-0.3, -0.25) is 9.59 Å². The van der Waals surface area contributed by atoms with Gasteiger partial charge in [-0.2, -0.15) is 4.31 Å². The van der Waals surface area contributed by atoms with Gasteiger partial charge in [0.05, 0.1) is 28.8 Å². The van der Waals surface area contributed by atoms with Crippen molar-refractivity contribution in [2.45, 2.75) is 24.2 Å². The molecule has 0 aliphatic carbocycles. The maximum absolute atomic E-state index is 12.9. The molecule has 1 aromatic rings. The largest absolute Gasteiger partial charge is 0.379 e. The number of nitrogens with zero attached hydrogens (tertiary/aromatic N) is 2. The summed E-state index contributed by atoms with van der Waals surface area (Å²) in [6.07, 6.45) is 2.04. The number of morpholine rings is 1. The van der Waals surface area contributed by atoms with E-state index < -0.39 is 15.9 Å². The molecule has 2 saturated heterocycles. The molecule has 0 aromatic heterocycles. The van der Waals surface area contributed by atoms with Crippen LogP contribution in [0.5, 0.6) is 0 Å². The number of sulfonamides is 1. The minimum Gasteiger partial charge on any atom is -0.379 e. The van der Waals surface area contributed by atoms with E-state index in [2.05, 4.69) is 5.32 Å². The van der Waals surface area contributed by atoms with Gasteiger partial charge in [0.1, 0.15) is 4.90 Å². The van der Waals surface area contributed by atoms with E-state index in [4.69, 9.17) is 27.9 Å². The van der Waals surface area contributed by atoms with E-state index in [0.717, 1.165) is 13.0 Å². The first kappa shape index (κ1) is 22.3. The van der Waals surface area contributed by atoms with E-state index >= 15 is 0 Å². The molecule has 29 heavy (non-hydrogen) atoms. The smallest absolute Gasteiger partial charge is 0.252 e. The fraction of sp³-hybridized carbons (Fsp3) is 0.556. The monoisotopic (exact) mass is 463 g/mol. The molecule has 0 bridgehead atoms. The normalized spacial score (nSPS) is 18.3. The molecular weight excluding hydrogens is 441 g/mol. The van der Waals surface area contributed by atoms with Gasteiger partial charge in [0.25, 0.3) is 5.91 Å². The van der Waals surface area contributed by atoms with Crippen molar-refractivity contribution in [1.82, 2.24) is 14.5 Å². The summed E-state index contributed by atoms with van der Waals surface area (Å²) in [5.41, 5.74) is 0.0418. The highest BCUT2D eigenvalue weighted by Gasteiger charge is 2.30. The molecule has 2 heterocycles. The highest BCUT2D eigenvalue weighted by atomic mass is 35.5. The van der Waals surface area contributed by atoms with Crippen molar-refractivity contribution >= 4 is 45.0 Å². The molecule has 1 aromatic carbocycles. The van der Waals surface area contributed by atoms with Gasteiger partial charge >= 0.3 is 0 Å². The van der Waals surface area contributed by atoms with Gasteiger partial charge in [0, 0.05) is 39.1 Å². The Balaban J connectivity index is 1.67. The summed E-state index contributed by atoms with van der Waals surface area (Å²) in [6, 6.07) is 2.49. The van der Waals surface area contributed by atoms with Crippen molar-refractivity contribution in [3.8, 4) is 0 Å². The van der Waals surface area contributed by atoms with Crippen molar-refractivity contribution in [1.29, 1.82) is 0 Å². The van der Waals surface area contributed by atoms with E-state index in [-0.39, 0.29) is 39.5 Å². The van der Waals surface area contributed by atoms with Crippen LogP contribution in [0.25, 0.3) is 0 Å². The average Bonchev–Trinajstić information content (AvgIpc) is 3.10. The molecule has 2 fully saturated rings. The average molecular weight is 464 g/mol. The highest BCUT2D eigenvalue weighted by Crippen LogP contribution is 2.31. The number of hydrogen-bond donors (Lipinski definition) is 1. The third-order valence-corrected chi connectivity index (χ3v) is 7.59. The Morgan fingerprint density at radius 2 is 1.86 bits per heavy atom. The molecule has 2 aliphatic heterocycles. The Morgan fingerprint density at radius 1 is 1.14 bits per heavy atom. The second-order valence-corrected chi connectivity index (χ2v) is 9.59. The maximum atomic E-state index is 12.9. The number of halogens is 2. The van der Waals surface area contributed by atoms with Crippen LogP contribution in [0.4, 0.5) is 0 Å². The molecule has 0 spiro atoms. The lowest BCUT2D eigenvalue weighted by Gasteiger charge is -2.26. The number of amides is 2. The molecular formula is C18H23Cl2N3O5S. The van der Waals surface area contributed by atoms with Crippen LogP contribution in [-0.2, 0) is 19.6 Å². The number of carbonyl (C=O) groups is 2. The third-order valence-electron chi connectivity index (χ3n) is 4.92. The van der Waals surface area contributed by atoms with Crippen LogP contribution in [0.15, 0.2) is 17.0 Å². The lowest BCUT2D eigenvalue weighted by Crippen LogP contribution is -2.40. The molecule has 0 radical (unpaired) electrons. The van der Waals surface area contributed by atoms with Gasteiger partial charge in [0.15, 0.2) is 0 Å². The summed E-state index contributed by atoms with van der Waals surface area (Å²) in [6.45, 7) is 2.71. The molecule has 0 atom stereocenters. The first-order valence-electron chi connectivity index (χ1n) is 9.43. The minimum absolute atomic E-state index is 0.0365. The summed E-state index contributed by atoms with van der Waals surface area (Å²) in [5.74, 6) is -0.354. The van der Waals surface area contributed by atoms with Crippen molar-refractivity contribution in [3.63, 3.8) is 0 Å². The molecule has 8 nitrogen and oxygen atoms in total. The summed E-state index contributed by atoms with van der Waals surface area (Å²) in [4.78, 5) is 25.8. The number of hydrogen-bond acceptors (Lipinski definition) is 5. The van der Waals surface area contributed by atoms with Crippen LogP contribution in [0.3, 0.4) is 0 Å². The minimum atomic E-state index is -3.87. The zero-order valence-electron chi connectivity index (χ0n) is 15.8. The fourth-order valence-electron chi connectivity index (χ4n) is 3.33. The molecule has 160 valence electrons. The molecule has 0 unspecified atom stereocenters. The van der Waals surface area contributed by atoms with Crippen molar-refractivity contribution < 1.29 is 22.7 Å². The second kappa shape index (κ2) is 9.61. The Labute approximate surface area is 180 Å². The molecule has 2 aliphatic rings. The zero-order valence-corrected chi connectivity index (χ0v) is 18.2. The van der Waals surface area contributed by atoms with E-state index in [0.29, 0.717) is 39.1 Å². The summed E-state index contributed by atoms with van der Waals surface area (Å²) < 4.78 is 32.3. The number of likely N-dealkylation sites (tertiary alicyclic amines) is 1. The molecule has 2 amide bonds. The first-order chi connectivity index (χ1) is 13.8. The predicted octanol–water partition coefficient (Wildman–Crippen LogP) is 1.76. The van der Waals surface area contributed by atoms with Gasteiger partial charge in [-0.1, -0.05) is 23.2 Å². The Hall–Kier alpha value is -1.39. The SMILES string of the molecule is O=C(NCCCN1CCCC1=O)c1cc(S(=O)(=O)N2CCOCC2)c(Cl)cc1Cl. The molecule has 0 saturated carbocycles. The van der Waals surface area contributed by atoms with Crippen LogP contribution in [-0.4, -0.2) is 75.4 Å². The predicted molar refractivity (Wildman–Crippen MR) is 109 cm³/mol. The number of carbonyl (C=O) groups excluding carboxylic acids is 2. The quantitative estimate of drug-likeness (QED) is 0.621. The Kier molecular flexibility index (Phi) is 7.39. The number of ether oxygens (including phenoxy) is 1. The van der Waals surface area contributed by atoms with Crippen molar-refractivity contribution in [2.75, 3.05) is 45.9 Å².